The number of aryl methyl sites for hydroxylation is 2. The molecule has 2 heterocycles. The van der Waals surface area contributed by atoms with Crippen molar-refractivity contribution >= 4 is 33.6 Å². The van der Waals surface area contributed by atoms with Crippen LogP contribution in [0.4, 0.5) is 5.69 Å². The van der Waals surface area contributed by atoms with Crippen LogP contribution in [0.2, 0.25) is 0 Å². The Morgan fingerprint density at radius 2 is 1.87 bits per heavy atom. The molecule has 0 atom stereocenters. The van der Waals surface area contributed by atoms with E-state index in [1.165, 1.54) is 11.3 Å². The number of nitrogens with one attached hydrogen (secondary N) is 1. The molecule has 1 N–H and O–H groups in total. The first-order chi connectivity index (χ1) is 14.5. The molecular formula is C25H27N3O2. The Balaban J connectivity index is 1.37. The Morgan fingerprint density at radius 3 is 2.67 bits per heavy atom. The van der Waals surface area contributed by atoms with Gasteiger partial charge >= 0.3 is 0 Å². The van der Waals surface area contributed by atoms with Crippen LogP contribution in [0.3, 0.4) is 0 Å². The highest BCUT2D eigenvalue weighted by Crippen LogP contribution is 2.23. The van der Waals surface area contributed by atoms with Gasteiger partial charge in [0, 0.05) is 36.1 Å². The van der Waals surface area contributed by atoms with Gasteiger partial charge in [-0.1, -0.05) is 24.3 Å². The van der Waals surface area contributed by atoms with Crippen LogP contribution < -0.4 is 10.2 Å². The summed E-state index contributed by atoms with van der Waals surface area (Å²) < 4.78 is 5.73. The van der Waals surface area contributed by atoms with Gasteiger partial charge in [-0.25, -0.2) is 4.98 Å². The molecule has 1 amide bonds. The minimum atomic E-state index is -0.202. The zero-order chi connectivity index (χ0) is 21.1. The van der Waals surface area contributed by atoms with Crippen molar-refractivity contribution in [2.45, 2.75) is 27.2 Å². The second-order valence-electron chi connectivity index (χ2n) is 7.72. The van der Waals surface area contributed by atoms with Crippen molar-refractivity contribution < 1.29 is 9.21 Å². The molecule has 30 heavy (non-hydrogen) atoms. The Labute approximate surface area is 176 Å². The fourth-order valence-electron chi connectivity index (χ4n) is 3.70. The molecule has 0 aliphatic heterocycles. The van der Waals surface area contributed by atoms with Crippen LogP contribution >= 0.6 is 0 Å². The lowest BCUT2D eigenvalue weighted by atomic mass is 10.1. The standard InChI is InChI=1S/C25H27N3O2/c1-4-28(21-8-5-7-17(2)13-21)12-6-11-26-24(29)23-16-20-15-19-10-9-18(3)14-22(19)27-25(20)30-23/h5,7-10,13-16H,4,6,11-12H2,1-3H3,(H,26,29). The number of furan rings is 1. The fraction of sp³-hybridized carbons (Fsp3) is 0.280. The molecule has 0 aliphatic rings. The summed E-state index contributed by atoms with van der Waals surface area (Å²) >= 11 is 0. The third-order valence-electron chi connectivity index (χ3n) is 5.32. The minimum absolute atomic E-state index is 0.202. The molecule has 0 bridgehead atoms. The van der Waals surface area contributed by atoms with Crippen LogP contribution in [-0.2, 0) is 0 Å². The lowest BCUT2D eigenvalue weighted by Crippen LogP contribution is -2.29. The highest BCUT2D eigenvalue weighted by atomic mass is 16.4. The van der Waals surface area contributed by atoms with Gasteiger partial charge in [0.15, 0.2) is 5.76 Å². The van der Waals surface area contributed by atoms with E-state index >= 15 is 0 Å². The Kier molecular flexibility index (Phi) is 5.70. The fourth-order valence-corrected chi connectivity index (χ4v) is 3.70. The SMILES string of the molecule is CCN(CCCNC(=O)c1cc2cc3ccc(C)cc3nc2o1)c1cccc(C)c1. The van der Waals surface area contributed by atoms with E-state index in [-0.39, 0.29) is 5.91 Å². The average Bonchev–Trinajstić information content (AvgIpc) is 3.15. The maximum atomic E-state index is 12.5. The first kappa shape index (κ1) is 20.0. The maximum absolute atomic E-state index is 12.5. The number of benzene rings is 2. The van der Waals surface area contributed by atoms with Gasteiger partial charge in [-0.3, -0.25) is 4.79 Å². The molecule has 0 unspecified atom stereocenters. The van der Waals surface area contributed by atoms with Gasteiger partial charge in [0.2, 0.25) is 5.71 Å². The van der Waals surface area contributed by atoms with Gasteiger partial charge in [0.25, 0.3) is 5.91 Å². The molecule has 0 spiro atoms. The number of fused-ring (bicyclic) bond motifs is 2. The number of hydrogen-bond donors (Lipinski definition) is 1. The van der Waals surface area contributed by atoms with E-state index in [1.54, 1.807) is 6.07 Å². The van der Waals surface area contributed by atoms with Gasteiger partial charge in [-0.2, -0.15) is 0 Å². The highest BCUT2D eigenvalue weighted by molar-refractivity contribution is 5.98. The number of anilines is 1. The molecule has 154 valence electrons. The van der Waals surface area contributed by atoms with Crippen LogP contribution in [0.1, 0.15) is 35.0 Å². The summed E-state index contributed by atoms with van der Waals surface area (Å²) in [6.07, 6.45) is 0.856. The normalized spacial score (nSPS) is 11.2. The van der Waals surface area contributed by atoms with E-state index in [2.05, 4.69) is 59.4 Å². The largest absolute Gasteiger partial charge is 0.433 e. The highest BCUT2D eigenvalue weighted by Gasteiger charge is 2.14. The average molecular weight is 402 g/mol. The van der Waals surface area contributed by atoms with Crippen molar-refractivity contribution in [2.75, 3.05) is 24.5 Å². The molecule has 0 aliphatic carbocycles. The van der Waals surface area contributed by atoms with E-state index in [4.69, 9.17) is 4.42 Å². The summed E-state index contributed by atoms with van der Waals surface area (Å²) in [7, 11) is 0. The Hall–Kier alpha value is -3.34. The van der Waals surface area contributed by atoms with Crippen molar-refractivity contribution in [1.82, 2.24) is 10.3 Å². The van der Waals surface area contributed by atoms with E-state index in [0.717, 1.165) is 41.4 Å². The summed E-state index contributed by atoms with van der Waals surface area (Å²) in [5, 5.41) is 4.85. The predicted molar refractivity (Wildman–Crippen MR) is 122 cm³/mol. The Morgan fingerprint density at radius 1 is 1.03 bits per heavy atom. The number of pyridine rings is 1. The molecule has 0 saturated carbocycles. The number of aromatic nitrogens is 1. The van der Waals surface area contributed by atoms with Crippen LogP contribution in [0.25, 0.3) is 22.0 Å². The summed E-state index contributed by atoms with van der Waals surface area (Å²) in [6.45, 7) is 8.68. The Bertz CT molecular complexity index is 1200. The van der Waals surface area contributed by atoms with Crippen LogP contribution in [0, 0.1) is 13.8 Å². The number of rotatable bonds is 7. The molecule has 0 saturated heterocycles. The molecule has 5 heteroatoms. The van der Waals surface area contributed by atoms with Gasteiger partial charge in [-0.05, 0) is 68.7 Å². The zero-order valence-electron chi connectivity index (χ0n) is 17.7. The van der Waals surface area contributed by atoms with Crippen LogP contribution in [-0.4, -0.2) is 30.5 Å². The zero-order valence-corrected chi connectivity index (χ0v) is 17.7. The molecule has 4 aromatic rings. The lowest BCUT2D eigenvalue weighted by Gasteiger charge is -2.23. The number of amides is 1. The van der Waals surface area contributed by atoms with Crippen molar-refractivity contribution in [1.29, 1.82) is 0 Å². The van der Waals surface area contributed by atoms with Crippen molar-refractivity contribution in [3.63, 3.8) is 0 Å². The number of carbonyl (C=O) groups excluding carboxylic acids is 1. The summed E-state index contributed by atoms with van der Waals surface area (Å²) in [5.74, 6) is 0.0994. The van der Waals surface area contributed by atoms with E-state index < -0.39 is 0 Å². The van der Waals surface area contributed by atoms with Gasteiger partial charge in [0.05, 0.1) is 5.52 Å². The van der Waals surface area contributed by atoms with Crippen molar-refractivity contribution in [2.24, 2.45) is 0 Å². The maximum Gasteiger partial charge on any atom is 0.287 e. The summed E-state index contributed by atoms with van der Waals surface area (Å²) in [5.41, 5.74) is 4.98. The van der Waals surface area contributed by atoms with Crippen LogP contribution in [0.5, 0.6) is 0 Å². The molecule has 0 fully saturated rings. The first-order valence-corrected chi connectivity index (χ1v) is 10.4. The van der Waals surface area contributed by atoms with Gasteiger partial charge in [0.1, 0.15) is 0 Å². The molecule has 2 aromatic heterocycles. The molecule has 0 radical (unpaired) electrons. The molecular weight excluding hydrogens is 374 g/mol. The quantitative estimate of drug-likeness (QED) is 0.430. The summed E-state index contributed by atoms with van der Waals surface area (Å²) in [6, 6.07) is 18.4. The molecule has 4 rings (SSSR count). The topological polar surface area (TPSA) is 58.4 Å². The van der Waals surface area contributed by atoms with Crippen LogP contribution in [0.15, 0.2) is 59.0 Å². The smallest absolute Gasteiger partial charge is 0.287 e. The number of hydrogen-bond acceptors (Lipinski definition) is 4. The summed E-state index contributed by atoms with van der Waals surface area (Å²) in [4.78, 5) is 19.4. The second-order valence-corrected chi connectivity index (χ2v) is 7.72. The van der Waals surface area contributed by atoms with Gasteiger partial charge < -0.3 is 14.6 Å². The van der Waals surface area contributed by atoms with Crippen molar-refractivity contribution in [3.8, 4) is 0 Å². The molecule has 5 nitrogen and oxygen atoms in total. The predicted octanol–water partition coefficient (Wildman–Crippen LogP) is 5.24. The lowest BCUT2D eigenvalue weighted by molar-refractivity contribution is 0.0927. The number of nitrogens with zero attached hydrogens (tertiary/aromatic N) is 2. The minimum Gasteiger partial charge on any atom is -0.433 e. The van der Waals surface area contributed by atoms with E-state index in [1.807, 2.05) is 25.1 Å². The third-order valence-corrected chi connectivity index (χ3v) is 5.32. The van der Waals surface area contributed by atoms with E-state index in [0.29, 0.717) is 18.0 Å². The van der Waals surface area contributed by atoms with Crippen molar-refractivity contribution in [3.05, 3.63) is 71.5 Å². The monoisotopic (exact) mass is 401 g/mol. The first-order valence-electron chi connectivity index (χ1n) is 10.4. The van der Waals surface area contributed by atoms with E-state index in [9.17, 15) is 4.79 Å². The third kappa shape index (κ3) is 4.30. The second kappa shape index (κ2) is 8.57. The van der Waals surface area contributed by atoms with Gasteiger partial charge in [-0.15, -0.1) is 0 Å². The molecule has 2 aromatic carbocycles. The number of carbonyl (C=O) groups is 1.